The van der Waals surface area contributed by atoms with E-state index in [2.05, 4.69) is 10.2 Å². The van der Waals surface area contributed by atoms with Crippen LogP contribution in [0.25, 0.3) is 0 Å². The third-order valence-corrected chi connectivity index (χ3v) is 5.66. The summed E-state index contributed by atoms with van der Waals surface area (Å²) in [6.07, 6.45) is 1.73. The lowest BCUT2D eigenvalue weighted by molar-refractivity contribution is -0.121. The smallest absolute Gasteiger partial charge is 0.228 e. The fourth-order valence-electron chi connectivity index (χ4n) is 4.03. The number of hydrogen-bond acceptors (Lipinski definition) is 3. The van der Waals surface area contributed by atoms with Crippen molar-refractivity contribution < 1.29 is 14.0 Å². The third-order valence-electron chi connectivity index (χ3n) is 5.66. The predicted molar refractivity (Wildman–Crippen MR) is 119 cm³/mol. The van der Waals surface area contributed by atoms with Gasteiger partial charge in [-0.05, 0) is 49.2 Å². The van der Waals surface area contributed by atoms with Gasteiger partial charge in [0.1, 0.15) is 5.82 Å². The highest BCUT2D eigenvalue weighted by atomic mass is 19.1. The molecule has 1 heterocycles. The molecule has 0 aliphatic carbocycles. The maximum atomic E-state index is 13.1. The SMILES string of the molecule is O=C(c1ccccc1)c1ccccc1NC(=O)[C@@H]1CCCN(Cc2ccc(F)cc2)C1. The van der Waals surface area contributed by atoms with E-state index in [9.17, 15) is 14.0 Å². The van der Waals surface area contributed by atoms with Crippen LogP contribution >= 0.6 is 0 Å². The minimum Gasteiger partial charge on any atom is -0.325 e. The zero-order valence-corrected chi connectivity index (χ0v) is 17.3. The average Bonchev–Trinajstić information content (AvgIpc) is 2.81. The largest absolute Gasteiger partial charge is 0.325 e. The van der Waals surface area contributed by atoms with E-state index in [0.29, 0.717) is 29.9 Å². The topological polar surface area (TPSA) is 49.4 Å². The van der Waals surface area contributed by atoms with Crippen LogP contribution < -0.4 is 5.32 Å². The van der Waals surface area contributed by atoms with E-state index >= 15 is 0 Å². The molecule has 0 bridgehead atoms. The maximum Gasteiger partial charge on any atom is 0.228 e. The highest BCUT2D eigenvalue weighted by Gasteiger charge is 2.27. The summed E-state index contributed by atoms with van der Waals surface area (Å²) in [5, 5.41) is 2.99. The molecular formula is C26H25FN2O2. The Morgan fingerprint density at radius 3 is 2.42 bits per heavy atom. The number of hydrogen-bond donors (Lipinski definition) is 1. The van der Waals surface area contributed by atoms with Crippen LogP contribution in [-0.2, 0) is 11.3 Å². The highest BCUT2D eigenvalue weighted by Crippen LogP contribution is 2.23. The number of nitrogens with zero attached hydrogens (tertiary/aromatic N) is 1. The molecule has 5 heteroatoms. The van der Waals surface area contributed by atoms with Crippen LogP contribution in [0.15, 0.2) is 78.9 Å². The molecule has 3 aromatic rings. The molecule has 31 heavy (non-hydrogen) atoms. The molecule has 1 atom stereocenters. The quantitative estimate of drug-likeness (QED) is 0.581. The van der Waals surface area contributed by atoms with Crippen LogP contribution in [0.3, 0.4) is 0 Å². The molecular weight excluding hydrogens is 391 g/mol. The van der Waals surface area contributed by atoms with Crippen molar-refractivity contribution in [1.82, 2.24) is 4.90 Å². The van der Waals surface area contributed by atoms with Gasteiger partial charge in [-0.2, -0.15) is 0 Å². The van der Waals surface area contributed by atoms with Gasteiger partial charge in [0.25, 0.3) is 0 Å². The van der Waals surface area contributed by atoms with Crippen molar-refractivity contribution in [3.05, 3.63) is 101 Å². The molecule has 1 fully saturated rings. The molecule has 1 amide bonds. The summed E-state index contributed by atoms with van der Waals surface area (Å²) in [5.41, 5.74) is 2.65. The summed E-state index contributed by atoms with van der Waals surface area (Å²) >= 11 is 0. The Balaban J connectivity index is 1.43. The van der Waals surface area contributed by atoms with Gasteiger partial charge in [0.2, 0.25) is 5.91 Å². The van der Waals surface area contributed by atoms with E-state index in [0.717, 1.165) is 24.9 Å². The zero-order chi connectivity index (χ0) is 21.6. The second-order valence-corrected chi connectivity index (χ2v) is 7.93. The van der Waals surface area contributed by atoms with Crippen LogP contribution in [0.5, 0.6) is 0 Å². The number of amides is 1. The highest BCUT2D eigenvalue weighted by molar-refractivity contribution is 6.13. The number of para-hydroxylation sites is 1. The van der Waals surface area contributed by atoms with E-state index in [-0.39, 0.29) is 23.4 Å². The Kier molecular flexibility index (Phi) is 6.53. The first-order chi connectivity index (χ1) is 15.1. The number of piperidine rings is 1. The summed E-state index contributed by atoms with van der Waals surface area (Å²) in [7, 11) is 0. The number of halogens is 1. The molecule has 4 rings (SSSR count). The fourth-order valence-corrected chi connectivity index (χ4v) is 4.03. The Morgan fingerprint density at radius 2 is 1.65 bits per heavy atom. The monoisotopic (exact) mass is 416 g/mol. The summed E-state index contributed by atoms with van der Waals surface area (Å²) in [6.45, 7) is 2.23. The molecule has 1 aliphatic heterocycles. The van der Waals surface area contributed by atoms with Gasteiger partial charge in [-0.25, -0.2) is 4.39 Å². The summed E-state index contributed by atoms with van der Waals surface area (Å²) in [4.78, 5) is 28.2. The van der Waals surface area contributed by atoms with Gasteiger partial charge < -0.3 is 5.32 Å². The number of benzene rings is 3. The molecule has 0 saturated carbocycles. The second-order valence-electron chi connectivity index (χ2n) is 7.93. The van der Waals surface area contributed by atoms with Gasteiger partial charge in [0.15, 0.2) is 5.78 Å². The Hall–Kier alpha value is -3.31. The van der Waals surface area contributed by atoms with E-state index in [4.69, 9.17) is 0 Å². The Morgan fingerprint density at radius 1 is 0.935 bits per heavy atom. The van der Waals surface area contributed by atoms with Gasteiger partial charge in [-0.3, -0.25) is 14.5 Å². The molecule has 0 radical (unpaired) electrons. The van der Waals surface area contributed by atoms with Crippen molar-refractivity contribution >= 4 is 17.4 Å². The molecule has 1 N–H and O–H groups in total. The number of ketones is 1. The lowest BCUT2D eigenvalue weighted by atomic mass is 9.96. The third kappa shape index (κ3) is 5.25. The Bertz CT molecular complexity index is 1050. The zero-order valence-electron chi connectivity index (χ0n) is 17.3. The lowest BCUT2D eigenvalue weighted by Gasteiger charge is -2.32. The number of carbonyl (C=O) groups is 2. The standard InChI is InChI=1S/C26H25FN2O2/c27-22-14-12-19(13-15-22)17-29-16-6-9-21(18-29)26(31)28-24-11-5-4-10-23(24)25(30)20-7-2-1-3-8-20/h1-5,7-8,10-15,21H,6,9,16-18H2,(H,28,31)/t21-/m1/s1. The molecule has 4 nitrogen and oxygen atoms in total. The molecule has 3 aromatic carbocycles. The van der Waals surface area contributed by atoms with Crippen LogP contribution in [-0.4, -0.2) is 29.7 Å². The molecule has 0 aromatic heterocycles. The average molecular weight is 416 g/mol. The van der Waals surface area contributed by atoms with Crippen molar-refractivity contribution in [3.63, 3.8) is 0 Å². The predicted octanol–water partition coefficient (Wildman–Crippen LogP) is 4.91. The van der Waals surface area contributed by atoms with Gasteiger partial charge in [-0.15, -0.1) is 0 Å². The number of anilines is 1. The van der Waals surface area contributed by atoms with Crippen molar-refractivity contribution in [2.75, 3.05) is 18.4 Å². The number of rotatable bonds is 6. The first kappa shape index (κ1) is 20.9. The number of carbonyl (C=O) groups excluding carboxylic acids is 2. The van der Waals surface area contributed by atoms with Gasteiger partial charge in [0.05, 0.1) is 11.6 Å². The van der Waals surface area contributed by atoms with Crippen LogP contribution in [0.2, 0.25) is 0 Å². The van der Waals surface area contributed by atoms with Gasteiger partial charge in [0, 0.05) is 24.2 Å². The molecule has 158 valence electrons. The fraction of sp³-hybridized carbons (Fsp3) is 0.231. The molecule has 1 aliphatic rings. The minimum atomic E-state index is -0.247. The van der Waals surface area contributed by atoms with E-state index in [1.54, 1.807) is 42.5 Å². The maximum absolute atomic E-state index is 13.1. The van der Waals surface area contributed by atoms with Crippen molar-refractivity contribution in [3.8, 4) is 0 Å². The normalized spacial score (nSPS) is 16.6. The second kappa shape index (κ2) is 9.67. The van der Waals surface area contributed by atoms with Crippen molar-refractivity contribution in [2.24, 2.45) is 5.92 Å². The Labute approximate surface area is 181 Å². The summed E-state index contributed by atoms with van der Waals surface area (Å²) in [6, 6.07) is 22.7. The molecule has 0 spiro atoms. The first-order valence-corrected chi connectivity index (χ1v) is 10.6. The minimum absolute atomic E-state index is 0.0721. The summed E-state index contributed by atoms with van der Waals surface area (Å²) in [5.74, 6) is -0.590. The number of nitrogens with one attached hydrogen (secondary N) is 1. The van der Waals surface area contributed by atoms with E-state index < -0.39 is 0 Å². The van der Waals surface area contributed by atoms with Gasteiger partial charge in [-0.1, -0.05) is 54.6 Å². The van der Waals surface area contributed by atoms with Crippen molar-refractivity contribution in [1.29, 1.82) is 0 Å². The van der Waals surface area contributed by atoms with E-state index in [1.165, 1.54) is 12.1 Å². The summed E-state index contributed by atoms with van der Waals surface area (Å²) < 4.78 is 13.1. The first-order valence-electron chi connectivity index (χ1n) is 10.6. The van der Waals surface area contributed by atoms with E-state index in [1.807, 2.05) is 24.3 Å². The lowest BCUT2D eigenvalue weighted by Crippen LogP contribution is -2.40. The molecule has 1 saturated heterocycles. The van der Waals surface area contributed by atoms with Crippen LogP contribution in [0.1, 0.15) is 34.3 Å². The number of likely N-dealkylation sites (tertiary alicyclic amines) is 1. The van der Waals surface area contributed by atoms with Crippen LogP contribution in [0.4, 0.5) is 10.1 Å². The van der Waals surface area contributed by atoms with Crippen molar-refractivity contribution in [2.45, 2.75) is 19.4 Å². The van der Waals surface area contributed by atoms with Gasteiger partial charge >= 0.3 is 0 Å². The van der Waals surface area contributed by atoms with Crippen LogP contribution in [0, 0.1) is 11.7 Å². The molecule has 0 unspecified atom stereocenters.